The van der Waals surface area contributed by atoms with Crippen LogP contribution in [0.2, 0.25) is 0 Å². The van der Waals surface area contributed by atoms with Crippen LogP contribution < -0.4 is 5.32 Å². The van der Waals surface area contributed by atoms with Crippen LogP contribution in [0.3, 0.4) is 0 Å². The molecule has 1 fully saturated rings. The van der Waals surface area contributed by atoms with Gasteiger partial charge in [0.2, 0.25) is 0 Å². The van der Waals surface area contributed by atoms with Gasteiger partial charge in [0.1, 0.15) is 0 Å². The summed E-state index contributed by atoms with van der Waals surface area (Å²) >= 11 is 1.86. The highest BCUT2D eigenvalue weighted by Gasteiger charge is 2.26. The first-order valence-corrected chi connectivity index (χ1v) is 8.35. The number of piperazine rings is 1. The summed E-state index contributed by atoms with van der Waals surface area (Å²) in [7, 11) is 0. The van der Waals surface area contributed by atoms with Crippen molar-refractivity contribution in [3.63, 3.8) is 0 Å². The highest BCUT2D eigenvalue weighted by Crippen LogP contribution is 2.35. The maximum absolute atomic E-state index is 3.45. The van der Waals surface area contributed by atoms with Crippen LogP contribution in [-0.2, 0) is 0 Å². The smallest absolute Gasteiger partial charge is 0.0703 e. The van der Waals surface area contributed by atoms with E-state index in [1.54, 1.807) is 0 Å². The molecule has 0 saturated carbocycles. The van der Waals surface area contributed by atoms with Gasteiger partial charge in [0.25, 0.3) is 0 Å². The highest BCUT2D eigenvalue weighted by molar-refractivity contribution is 7.10. The Morgan fingerprint density at radius 1 is 1.05 bits per heavy atom. The predicted molar refractivity (Wildman–Crippen MR) is 88.9 cm³/mol. The third kappa shape index (κ3) is 2.39. The molecule has 4 rings (SSSR count). The molecule has 108 valence electrons. The molecule has 21 heavy (non-hydrogen) atoms. The van der Waals surface area contributed by atoms with Crippen molar-refractivity contribution in [1.82, 2.24) is 15.2 Å². The second-order valence-corrected chi connectivity index (χ2v) is 6.47. The van der Waals surface area contributed by atoms with Gasteiger partial charge in [0, 0.05) is 48.2 Å². The molecule has 3 aromatic rings. The van der Waals surface area contributed by atoms with Gasteiger partial charge in [-0.1, -0.05) is 18.2 Å². The number of aromatic nitrogens is 1. The molecule has 4 heteroatoms. The summed E-state index contributed by atoms with van der Waals surface area (Å²) in [4.78, 5) is 7.37. The van der Waals surface area contributed by atoms with Crippen molar-refractivity contribution in [2.75, 3.05) is 26.2 Å². The molecule has 3 heterocycles. The fourth-order valence-corrected chi connectivity index (χ4v) is 4.14. The summed E-state index contributed by atoms with van der Waals surface area (Å²) in [6, 6.07) is 13.6. The Hall–Kier alpha value is -1.62. The van der Waals surface area contributed by atoms with Crippen molar-refractivity contribution >= 4 is 22.2 Å². The van der Waals surface area contributed by atoms with Crippen LogP contribution in [0.5, 0.6) is 0 Å². The molecule has 0 aliphatic carbocycles. The molecule has 0 spiro atoms. The maximum Gasteiger partial charge on any atom is 0.0703 e. The van der Waals surface area contributed by atoms with Crippen LogP contribution in [0.15, 0.2) is 48.0 Å². The van der Waals surface area contributed by atoms with Crippen LogP contribution in [0, 0.1) is 0 Å². The van der Waals surface area contributed by atoms with Crippen molar-refractivity contribution in [3.05, 3.63) is 58.4 Å². The normalized spacial score (nSPS) is 18.1. The number of fused-ring (bicyclic) bond motifs is 1. The predicted octanol–water partition coefficient (Wildman–Crippen LogP) is 3.22. The minimum Gasteiger partial charge on any atom is -0.361 e. The number of thiophene rings is 1. The van der Waals surface area contributed by atoms with Crippen LogP contribution >= 0.6 is 11.3 Å². The van der Waals surface area contributed by atoms with Gasteiger partial charge in [0.15, 0.2) is 0 Å². The van der Waals surface area contributed by atoms with E-state index in [1.807, 2.05) is 17.5 Å². The zero-order chi connectivity index (χ0) is 14.1. The average molecular weight is 297 g/mol. The number of hydrogen-bond acceptors (Lipinski definition) is 3. The van der Waals surface area contributed by atoms with Gasteiger partial charge in [0.05, 0.1) is 6.04 Å². The van der Waals surface area contributed by atoms with Gasteiger partial charge in [-0.15, -0.1) is 11.3 Å². The summed E-state index contributed by atoms with van der Waals surface area (Å²) in [5.74, 6) is 0. The monoisotopic (exact) mass is 297 g/mol. The average Bonchev–Trinajstić information content (AvgIpc) is 3.20. The molecular weight excluding hydrogens is 278 g/mol. The lowest BCUT2D eigenvalue weighted by Crippen LogP contribution is -2.45. The van der Waals surface area contributed by atoms with Gasteiger partial charge < -0.3 is 10.3 Å². The molecule has 3 nitrogen and oxygen atoms in total. The second kappa shape index (κ2) is 5.64. The van der Waals surface area contributed by atoms with E-state index in [2.05, 4.69) is 57.0 Å². The lowest BCUT2D eigenvalue weighted by molar-refractivity contribution is 0.201. The van der Waals surface area contributed by atoms with E-state index in [-0.39, 0.29) is 0 Å². The first kappa shape index (κ1) is 13.1. The molecule has 1 saturated heterocycles. The largest absolute Gasteiger partial charge is 0.361 e. The lowest BCUT2D eigenvalue weighted by atomic mass is 9.99. The zero-order valence-electron chi connectivity index (χ0n) is 11.9. The quantitative estimate of drug-likeness (QED) is 0.778. The molecule has 0 radical (unpaired) electrons. The first-order chi connectivity index (χ1) is 10.4. The Morgan fingerprint density at radius 2 is 1.95 bits per heavy atom. The van der Waals surface area contributed by atoms with Crippen molar-refractivity contribution in [1.29, 1.82) is 0 Å². The molecule has 2 N–H and O–H groups in total. The number of aromatic amines is 1. The second-order valence-electron chi connectivity index (χ2n) is 5.49. The molecule has 1 aliphatic rings. The summed E-state index contributed by atoms with van der Waals surface area (Å²) < 4.78 is 0. The molecule has 0 bridgehead atoms. The third-order valence-electron chi connectivity index (χ3n) is 4.25. The van der Waals surface area contributed by atoms with Gasteiger partial charge >= 0.3 is 0 Å². The van der Waals surface area contributed by atoms with E-state index in [9.17, 15) is 0 Å². The summed E-state index contributed by atoms with van der Waals surface area (Å²) in [5, 5.41) is 6.98. The highest BCUT2D eigenvalue weighted by atomic mass is 32.1. The Bertz CT molecular complexity index is 711. The minimum atomic E-state index is 0.367. The number of benzene rings is 1. The molecule has 2 aromatic heterocycles. The number of rotatable bonds is 3. The molecule has 0 unspecified atom stereocenters. The molecule has 0 amide bonds. The Balaban J connectivity index is 1.83. The standard InChI is InChI=1S/C17H19N3S/c1-3-14(13-6-7-19-15(13)4-1)17(16-5-2-12-21-16)20-10-8-18-9-11-20/h1-7,12,17-19H,8-11H2/t17-/m1/s1. The van der Waals surface area contributed by atoms with E-state index in [1.165, 1.54) is 21.3 Å². The SMILES string of the molecule is c1csc([C@@H](c2cccc3[nH]ccc23)N2CCNCC2)c1. The van der Waals surface area contributed by atoms with Gasteiger partial charge in [-0.2, -0.15) is 0 Å². The number of H-pyrrole nitrogens is 1. The lowest BCUT2D eigenvalue weighted by Gasteiger charge is -2.35. The Labute approximate surface area is 128 Å². The maximum atomic E-state index is 3.45. The first-order valence-electron chi connectivity index (χ1n) is 7.47. The fourth-order valence-electron chi connectivity index (χ4n) is 3.27. The van der Waals surface area contributed by atoms with Crippen molar-refractivity contribution in [2.24, 2.45) is 0 Å². The Kier molecular flexibility index (Phi) is 3.51. The summed E-state index contributed by atoms with van der Waals surface area (Å²) in [5.41, 5.74) is 2.64. The third-order valence-corrected chi connectivity index (χ3v) is 5.18. The molecule has 1 atom stereocenters. The number of nitrogens with one attached hydrogen (secondary N) is 2. The van der Waals surface area contributed by atoms with Crippen LogP contribution in [0.25, 0.3) is 10.9 Å². The van der Waals surface area contributed by atoms with Crippen LogP contribution in [-0.4, -0.2) is 36.1 Å². The van der Waals surface area contributed by atoms with Crippen LogP contribution in [0.4, 0.5) is 0 Å². The fraction of sp³-hybridized carbons (Fsp3) is 0.294. The Morgan fingerprint density at radius 3 is 2.76 bits per heavy atom. The van der Waals surface area contributed by atoms with Gasteiger partial charge in [-0.3, -0.25) is 4.90 Å². The minimum absolute atomic E-state index is 0.367. The van der Waals surface area contributed by atoms with E-state index < -0.39 is 0 Å². The van der Waals surface area contributed by atoms with E-state index in [4.69, 9.17) is 0 Å². The number of nitrogens with zero attached hydrogens (tertiary/aromatic N) is 1. The van der Waals surface area contributed by atoms with E-state index >= 15 is 0 Å². The van der Waals surface area contributed by atoms with Gasteiger partial charge in [-0.05, 0) is 29.1 Å². The van der Waals surface area contributed by atoms with Crippen molar-refractivity contribution in [2.45, 2.75) is 6.04 Å². The van der Waals surface area contributed by atoms with E-state index in [0.717, 1.165) is 26.2 Å². The van der Waals surface area contributed by atoms with Crippen molar-refractivity contribution in [3.8, 4) is 0 Å². The molecule has 1 aliphatic heterocycles. The summed E-state index contributed by atoms with van der Waals surface area (Å²) in [6.07, 6.45) is 2.04. The summed E-state index contributed by atoms with van der Waals surface area (Å²) in [6.45, 7) is 4.35. The molecular formula is C17H19N3S. The molecule has 1 aromatic carbocycles. The number of hydrogen-bond donors (Lipinski definition) is 2. The van der Waals surface area contributed by atoms with Crippen LogP contribution in [0.1, 0.15) is 16.5 Å². The van der Waals surface area contributed by atoms with Crippen molar-refractivity contribution < 1.29 is 0 Å². The van der Waals surface area contributed by atoms with E-state index in [0.29, 0.717) is 6.04 Å². The zero-order valence-corrected chi connectivity index (χ0v) is 12.7. The van der Waals surface area contributed by atoms with Gasteiger partial charge in [-0.25, -0.2) is 0 Å². The topological polar surface area (TPSA) is 31.1 Å².